The van der Waals surface area contributed by atoms with Gasteiger partial charge < -0.3 is 4.74 Å². The van der Waals surface area contributed by atoms with Crippen molar-refractivity contribution in [3.8, 4) is 5.75 Å². The monoisotopic (exact) mass is 329 g/mol. The summed E-state index contributed by atoms with van der Waals surface area (Å²) in [6.45, 7) is 6.86. The molecule has 2 nitrogen and oxygen atoms in total. The van der Waals surface area contributed by atoms with Gasteiger partial charge >= 0.3 is 0 Å². The Balaban J connectivity index is 1.69. The number of hydrogen-bond donors (Lipinski definition) is 0. The van der Waals surface area contributed by atoms with Crippen molar-refractivity contribution in [1.29, 1.82) is 0 Å². The van der Waals surface area contributed by atoms with Crippen molar-refractivity contribution in [1.82, 2.24) is 0 Å². The highest BCUT2D eigenvalue weighted by Gasteiger charge is 2.00. The van der Waals surface area contributed by atoms with Crippen molar-refractivity contribution >= 4 is 11.9 Å². The van der Waals surface area contributed by atoms with Gasteiger partial charge in [-0.25, -0.2) is 0 Å². The molecule has 0 aliphatic rings. The second kappa shape index (κ2) is 7.80. The summed E-state index contributed by atoms with van der Waals surface area (Å²) < 4.78 is 5.91. The molecule has 0 aliphatic heterocycles. The van der Waals surface area contributed by atoms with E-state index in [0.29, 0.717) is 6.61 Å². The molecule has 0 aliphatic carbocycles. The van der Waals surface area contributed by atoms with Gasteiger partial charge in [-0.05, 0) is 61.2 Å². The van der Waals surface area contributed by atoms with Gasteiger partial charge in [-0.2, -0.15) is 0 Å². The van der Waals surface area contributed by atoms with Crippen molar-refractivity contribution < 1.29 is 4.74 Å². The van der Waals surface area contributed by atoms with Crippen LogP contribution in [0.1, 0.15) is 27.8 Å². The number of hydrogen-bond acceptors (Lipinski definition) is 2. The maximum atomic E-state index is 5.91. The average Bonchev–Trinajstić information content (AvgIpc) is 2.63. The Bertz CT molecular complexity index is 879. The zero-order valence-corrected chi connectivity index (χ0v) is 15.0. The topological polar surface area (TPSA) is 21.6 Å². The SMILES string of the molecule is Cc1ccc(COc2cccc(C=Nc3cccc(C)c3C)c2)cc1. The highest BCUT2D eigenvalue weighted by molar-refractivity contribution is 5.83. The Kier molecular flexibility index (Phi) is 5.30. The molecule has 3 rings (SSSR count). The van der Waals surface area contributed by atoms with Gasteiger partial charge in [0.05, 0.1) is 5.69 Å². The molecule has 0 bridgehead atoms. The van der Waals surface area contributed by atoms with Gasteiger partial charge in [-0.1, -0.05) is 54.1 Å². The molecule has 2 heteroatoms. The summed E-state index contributed by atoms with van der Waals surface area (Å²) in [4.78, 5) is 4.63. The number of ether oxygens (including phenoxy) is 1. The van der Waals surface area contributed by atoms with Gasteiger partial charge in [0.2, 0.25) is 0 Å². The van der Waals surface area contributed by atoms with Crippen LogP contribution in [0, 0.1) is 20.8 Å². The predicted octanol–water partition coefficient (Wildman–Crippen LogP) is 5.94. The van der Waals surface area contributed by atoms with Gasteiger partial charge in [-0.15, -0.1) is 0 Å². The van der Waals surface area contributed by atoms with Crippen LogP contribution in [0.4, 0.5) is 5.69 Å². The smallest absolute Gasteiger partial charge is 0.120 e. The van der Waals surface area contributed by atoms with Gasteiger partial charge in [0, 0.05) is 6.21 Å². The lowest BCUT2D eigenvalue weighted by atomic mass is 10.1. The first-order valence-corrected chi connectivity index (χ1v) is 8.50. The minimum Gasteiger partial charge on any atom is -0.489 e. The Labute approximate surface area is 149 Å². The number of benzene rings is 3. The van der Waals surface area contributed by atoms with Crippen molar-refractivity contribution in [3.05, 3.63) is 94.5 Å². The van der Waals surface area contributed by atoms with E-state index in [1.165, 1.54) is 22.3 Å². The van der Waals surface area contributed by atoms with Crippen LogP contribution in [-0.2, 0) is 6.61 Å². The molecule has 0 fully saturated rings. The minimum absolute atomic E-state index is 0.567. The zero-order valence-electron chi connectivity index (χ0n) is 15.0. The first-order chi connectivity index (χ1) is 12.1. The molecule has 126 valence electrons. The van der Waals surface area contributed by atoms with Crippen LogP contribution in [0.15, 0.2) is 71.7 Å². The van der Waals surface area contributed by atoms with Gasteiger partial charge in [0.1, 0.15) is 12.4 Å². The molecule has 0 radical (unpaired) electrons. The van der Waals surface area contributed by atoms with E-state index in [2.05, 4.69) is 56.1 Å². The fourth-order valence-corrected chi connectivity index (χ4v) is 2.56. The van der Waals surface area contributed by atoms with Crippen LogP contribution < -0.4 is 4.74 Å². The Morgan fingerprint density at radius 2 is 1.64 bits per heavy atom. The van der Waals surface area contributed by atoms with Crippen molar-refractivity contribution in [2.75, 3.05) is 0 Å². The summed E-state index contributed by atoms with van der Waals surface area (Å²) >= 11 is 0. The number of rotatable bonds is 5. The minimum atomic E-state index is 0.567. The van der Waals surface area contributed by atoms with E-state index >= 15 is 0 Å². The van der Waals surface area contributed by atoms with E-state index in [1.807, 2.05) is 42.6 Å². The van der Waals surface area contributed by atoms with E-state index in [0.717, 1.165) is 17.0 Å². The Morgan fingerprint density at radius 1 is 0.880 bits per heavy atom. The molecule has 0 spiro atoms. The molecule has 3 aromatic rings. The van der Waals surface area contributed by atoms with E-state index in [4.69, 9.17) is 4.74 Å². The van der Waals surface area contributed by atoms with Crippen molar-refractivity contribution in [2.45, 2.75) is 27.4 Å². The lowest BCUT2D eigenvalue weighted by molar-refractivity contribution is 0.306. The molecule has 0 amide bonds. The second-order valence-corrected chi connectivity index (χ2v) is 6.32. The first-order valence-electron chi connectivity index (χ1n) is 8.50. The third-order valence-electron chi connectivity index (χ3n) is 4.31. The third kappa shape index (κ3) is 4.57. The van der Waals surface area contributed by atoms with Crippen LogP contribution in [0.2, 0.25) is 0 Å². The lowest BCUT2D eigenvalue weighted by Gasteiger charge is -2.07. The summed E-state index contributed by atoms with van der Waals surface area (Å²) in [6, 6.07) is 22.6. The molecule has 0 aromatic heterocycles. The molecular weight excluding hydrogens is 306 g/mol. The normalized spacial score (nSPS) is 11.0. The first kappa shape index (κ1) is 17.0. The largest absolute Gasteiger partial charge is 0.489 e. The van der Waals surface area contributed by atoms with E-state index in [1.54, 1.807) is 0 Å². The fraction of sp³-hybridized carbons (Fsp3) is 0.174. The summed E-state index contributed by atoms with van der Waals surface area (Å²) in [6.07, 6.45) is 1.89. The average molecular weight is 329 g/mol. The zero-order chi connectivity index (χ0) is 17.6. The summed E-state index contributed by atoms with van der Waals surface area (Å²) in [5.74, 6) is 0.852. The lowest BCUT2D eigenvalue weighted by Crippen LogP contribution is -1.96. The third-order valence-corrected chi connectivity index (χ3v) is 4.31. The van der Waals surface area contributed by atoms with Crippen molar-refractivity contribution in [2.24, 2.45) is 4.99 Å². The summed E-state index contributed by atoms with van der Waals surface area (Å²) in [5.41, 5.74) is 6.93. The maximum absolute atomic E-state index is 5.91. The molecule has 0 atom stereocenters. The number of aliphatic imine (C=N–C) groups is 1. The molecule has 0 saturated carbocycles. The molecule has 25 heavy (non-hydrogen) atoms. The van der Waals surface area contributed by atoms with Crippen LogP contribution in [0.3, 0.4) is 0 Å². The quantitative estimate of drug-likeness (QED) is 0.531. The standard InChI is InChI=1S/C23H23NO/c1-17-10-12-20(13-11-17)16-25-22-8-5-7-21(14-22)15-24-23-9-4-6-18(2)19(23)3/h4-15H,16H2,1-3H3. The predicted molar refractivity (Wildman–Crippen MR) is 105 cm³/mol. The highest BCUT2D eigenvalue weighted by Crippen LogP contribution is 2.21. The van der Waals surface area contributed by atoms with E-state index in [9.17, 15) is 0 Å². The van der Waals surface area contributed by atoms with Gasteiger partial charge in [-0.3, -0.25) is 4.99 Å². The summed E-state index contributed by atoms with van der Waals surface area (Å²) in [7, 11) is 0. The number of aryl methyl sites for hydroxylation is 2. The maximum Gasteiger partial charge on any atom is 0.120 e. The molecule has 0 saturated heterocycles. The van der Waals surface area contributed by atoms with E-state index < -0.39 is 0 Å². The summed E-state index contributed by atoms with van der Waals surface area (Å²) in [5, 5.41) is 0. The fourth-order valence-electron chi connectivity index (χ4n) is 2.56. The Morgan fingerprint density at radius 3 is 2.44 bits per heavy atom. The van der Waals surface area contributed by atoms with Crippen LogP contribution in [-0.4, -0.2) is 6.21 Å². The highest BCUT2D eigenvalue weighted by atomic mass is 16.5. The van der Waals surface area contributed by atoms with Gasteiger partial charge in [0.25, 0.3) is 0 Å². The van der Waals surface area contributed by atoms with Crippen LogP contribution in [0.25, 0.3) is 0 Å². The van der Waals surface area contributed by atoms with Crippen molar-refractivity contribution in [3.63, 3.8) is 0 Å². The second-order valence-electron chi connectivity index (χ2n) is 6.32. The van der Waals surface area contributed by atoms with Crippen LogP contribution in [0.5, 0.6) is 5.75 Å². The van der Waals surface area contributed by atoms with Crippen LogP contribution >= 0.6 is 0 Å². The molecule has 0 N–H and O–H groups in total. The Hall–Kier alpha value is -2.87. The molecule has 3 aromatic carbocycles. The van der Waals surface area contributed by atoms with Gasteiger partial charge in [0.15, 0.2) is 0 Å². The number of nitrogens with zero attached hydrogens (tertiary/aromatic N) is 1. The molecule has 0 heterocycles. The molecular formula is C23H23NO. The van der Waals surface area contributed by atoms with E-state index in [-0.39, 0.29) is 0 Å². The molecule has 0 unspecified atom stereocenters.